The quantitative estimate of drug-likeness (QED) is 0.919. The highest BCUT2D eigenvalue weighted by atomic mass is 19.1. The Morgan fingerprint density at radius 1 is 0.818 bits per heavy atom. The van der Waals surface area contributed by atoms with Gasteiger partial charge in [-0.3, -0.25) is 4.90 Å². The largest absolute Gasteiger partial charge is 0.386 e. The molecule has 1 saturated heterocycles. The van der Waals surface area contributed by atoms with Crippen molar-refractivity contribution in [1.29, 1.82) is 0 Å². The Kier molecular flexibility index (Phi) is 4.86. The number of piperidine rings is 1. The Morgan fingerprint density at radius 2 is 1.45 bits per heavy atom. The zero-order valence-electron chi connectivity index (χ0n) is 12.7. The van der Waals surface area contributed by atoms with E-state index in [9.17, 15) is 9.50 Å². The fraction of sp³-hybridized carbons (Fsp3) is 0.368. The SMILES string of the molecule is OC(c1ccc(F)cc1)C(c1ccccc1)N1CCCCC1. The van der Waals surface area contributed by atoms with Gasteiger partial charge in [-0.25, -0.2) is 4.39 Å². The summed E-state index contributed by atoms with van der Waals surface area (Å²) < 4.78 is 13.1. The molecule has 2 aromatic carbocycles. The van der Waals surface area contributed by atoms with Gasteiger partial charge >= 0.3 is 0 Å². The van der Waals surface area contributed by atoms with Gasteiger partial charge in [0.25, 0.3) is 0 Å². The maximum Gasteiger partial charge on any atom is 0.123 e. The normalized spacial score (nSPS) is 18.8. The number of halogens is 1. The van der Waals surface area contributed by atoms with Gasteiger partial charge in [-0.05, 0) is 49.2 Å². The summed E-state index contributed by atoms with van der Waals surface area (Å²) in [6, 6.07) is 16.2. The van der Waals surface area contributed by atoms with Gasteiger partial charge in [0, 0.05) is 0 Å². The molecule has 116 valence electrons. The van der Waals surface area contributed by atoms with Crippen LogP contribution in [0.1, 0.15) is 42.5 Å². The molecule has 1 aliphatic rings. The maximum absolute atomic E-state index is 13.1. The fourth-order valence-corrected chi connectivity index (χ4v) is 3.28. The molecule has 0 radical (unpaired) electrons. The van der Waals surface area contributed by atoms with Crippen molar-refractivity contribution in [2.45, 2.75) is 31.4 Å². The molecule has 0 aliphatic carbocycles. The molecule has 2 unspecified atom stereocenters. The van der Waals surface area contributed by atoms with Gasteiger partial charge in [-0.2, -0.15) is 0 Å². The highest BCUT2D eigenvalue weighted by Gasteiger charge is 2.29. The topological polar surface area (TPSA) is 23.5 Å². The maximum atomic E-state index is 13.1. The summed E-state index contributed by atoms with van der Waals surface area (Å²) in [4.78, 5) is 2.35. The first-order valence-corrected chi connectivity index (χ1v) is 7.98. The van der Waals surface area contributed by atoms with Crippen LogP contribution in [0.2, 0.25) is 0 Å². The summed E-state index contributed by atoms with van der Waals surface area (Å²) in [5.41, 5.74) is 1.88. The molecule has 22 heavy (non-hydrogen) atoms. The van der Waals surface area contributed by atoms with Crippen LogP contribution in [0.25, 0.3) is 0 Å². The van der Waals surface area contributed by atoms with Crippen LogP contribution in [0.15, 0.2) is 54.6 Å². The molecule has 2 aromatic rings. The number of nitrogens with zero attached hydrogens (tertiary/aromatic N) is 1. The van der Waals surface area contributed by atoms with Gasteiger partial charge in [0.05, 0.1) is 12.1 Å². The Labute approximate surface area is 131 Å². The molecule has 2 nitrogen and oxygen atoms in total. The van der Waals surface area contributed by atoms with Crippen LogP contribution in [0.5, 0.6) is 0 Å². The minimum atomic E-state index is -0.652. The smallest absolute Gasteiger partial charge is 0.123 e. The van der Waals surface area contributed by atoms with Crippen LogP contribution >= 0.6 is 0 Å². The van der Waals surface area contributed by atoms with E-state index in [1.165, 1.54) is 31.4 Å². The Balaban J connectivity index is 1.91. The number of hydrogen-bond donors (Lipinski definition) is 1. The van der Waals surface area contributed by atoms with E-state index in [4.69, 9.17) is 0 Å². The summed E-state index contributed by atoms with van der Waals surface area (Å²) >= 11 is 0. The molecule has 1 fully saturated rings. The summed E-state index contributed by atoms with van der Waals surface area (Å²) in [5.74, 6) is -0.273. The van der Waals surface area contributed by atoms with E-state index < -0.39 is 6.10 Å². The van der Waals surface area contributed by atoms with Crippen LogP contribution < -0.4 is 0 Å². The number of aliphatic hydroxyl groups excluding tert-OH is 1. The monoisotopic (exact) mass is 299 g/mol. The van der Waals surface area contributed by atoms with Crippen LogP contribution in [-0.2, 0) is 0 Å². The minimum Gasteiger partial charge on any atom is -0.386 e. The molecule has 0 saturated carbocycles. The van der Waals surface area contributed by atoms with Crippen LogP contribution in [-0.4, -0.2) is 23.1 Å². The molecule has 3 rings (SSSR count). The number of aliphatic hydroxyl groups is 1. The molecule has 1 N–H and O–H groups in total. The third kappa shape index (κ3) is 3.37. The lowest BCUT2D eigenvalue weighted by Gasteiger charge is -2.37. The molecule has 0 aromatic heterocycles. The second-order valence-electron chi connectivity index (χ2n) is 5.95. The van der Waals surface area contributed by atoms with Gasteiger partial charge in [-0.1, -0.05) is 48.9 Å². The molecule has 0 bridgehead atoms. The molecule has 1 aliphatic heterocycles. The van der Waals surface area contributed by atoms with E-state index in [1.807, 2.05) is 18.2 Å². The summed E-state index contributed by atoms with van der Waals surface area (Å²) in [6.45, 7) is 2.00. The van der Waals surface area contributed by atoms with E-state index in [1.54, 1.807) is 12.1 Å². The predicted octanol–water partition coefficient (Wildman–Crippen LogP) is 4.09. The lowest BCUT2D eigenvalue weighted by atomic mass is 9.93. The molecule has 2 atom stereocenters. The van der Waals surface area contributed by atoms with Crippen molar-refractivity contribution in [3.63, 3.8) is 0 Å². The van der Waals surface area contributed by atoms with Gasteiger partial charge in [-0.15, -0.1) is 0 Å². The average Bonchev–Trinajstić information content (AvgIpc) is 2.57. The van der Waals surface area contributed by atoms with E-state index in [0.29, 0.717) is 0 Å². The molecular formula is C19H22FNO. The van der Waals surface area contributed by atoms with Gasteiger partial charge < -0.3 is 5.11 Å². The van der Waals surface area contributed by atoms with Crippen molar-refractivity contribution in [2.24, 2.45) is 0 Å². The summed E-state index contributed by atoms with van der Waals surface area (Å²) in [7, 11) is 0. The molecule has 1 heterocycles. The van der Waals surface area contributed by atoms with Crippen molar-refractivity contribution in [3.8, 4) is 0 Å². The standard InChI is InChI=1S/C19H22FNO/c20-17-11-9-16(10-12-17)19(22)18(15-7-3-1-4-8-15)21-13-5-2-6-14-21/h1,3-4,7-12,18-19,22H,2,5-6,13-14H2. The van der Waals surface area contributed by atoms with Crippen LogP contribution in [0.3, 0.4) is 0 Å². The van der Waals surface area contributed by atoms with Crippen molar-refractivity contribution in [2.75, 3.05) is 13.1 Å². The van der Waals surface area contributed by atoms with Gasteiger partial charge in [0.15, 0.2) is 0 Å². The zero-order valence-corrected chi connectivity index (χ0v) is 12.7. The van der Waals surface area contributed by atoms with Crippen molar-refractivity contribution in [1.82, 2.24) is 4.90 Å². The third-order valence-corrected chi connectivity index (χ3v) is 4.44. The average molecular weight is 299 g/mol. The number of likely N-dealkylation sites (tertiary alicyclic amines) is 1. The highest BCUT2D eigenvalue weighted by molar-refractivity contribution is 5.26. The number of rotatable bonds is 4. The first kappa shape index (κ1) is 15.2. The number of benzene rings is 2. The number of hydrogen-bond acceptors (Lipinski definition) is 2. The Morgan fingerprint density at radius 3 is 2.09 bits per heavy atom. The molecular weight excluding hydrogens is 277 g/mol. The van der Waals surface area contributed by atoms with E-state index in [-0.39, 0.29) is 11.9 Å². The molecule has 0 amide bonds. The first-order chi connectivity index (χ1) is 10.8. The second-order valence-corrected chi connectivity index (χ2v) is 5.95. The predicted molar refractivity (Wildman–Crippen MR) is 86.0 cm³/mol. The fourth-order valence-electron chi connectivity index (χ4n) is 3.28. The van der Waals surface area contributed by atoms with Crippen LogP contribution in [0, 0.1) is 5.82 Å². The van der Waals surface area contributed by atoms with Crippen LogP contribution in [0.4, 0.5) is 4.39 Å². The summed E-state index contributed by atoms with van der Waals surface area (Å²) in [5, 5.41) is 10.9. The first-order valence-electron chi connectivity index (χ1n) is 7.98. The zero-order chi connectivity index (χ0) is 15.4. The Bertz CT molecular complexity index is 578. The Hall–Kier alpha value is -1.71. The van der Waals surface area contributed by atoms with E-state index >= 15 is 0 Å². The summed E-state index contributed by atoms with van der Waals surface area (Å²) in [6.07, 6.45) is 2.94. The molecule has 0 spiro atoms. The second kappa shape index (κ2) is 7.03. The third-order valence-electron chi connectivity index (χ3n) is 4.44. The van der Waals surface area contributed by atoms with Crippen molar-refractivity contribution < 1.29 is 9.50 Å². The molecule has 3 heteroatoms. The van der Waals surface area contributed by atoms with Crippen molar-refractivity contribution in [3.05, 3.63) is 71.5 Å². The lowest BCUT2D eigenvalue weighted by Crippen LogP contribution is -2.37. The van der Waals surface area contributed by atoms with Gasteiger partial charge in [0.1, 0.15) is 5.82 Å². The lowest BCUT2D eigenvalue weighted by molar-refractivity contribution is 0.0362. The minimum absolute atomic E-state index is 0.0769. The van der Waals surface area contributed by atoms with E-state index in [0.717, 1.165) is 24.2 Å². The van der Waals surface area contributed by atoms with E-state index in [2.05, 4.69) is 17.0 Å². The highest BCUT2D eigenvalue weighted by Crippen LogP contribution is 2.35. The van der Waals surface area contributed by atoms with Gasteiger partial charge in [0.2, 0.25) is 0 Å². The van der Waals surface area contributed by atoms with Crippen molar-refractivity contribution >= 4 is 0 Å².